The molecule has 0 amide bonds. The average molecular weight is 163 g/mol. The zero-order valence-electron chi connectivity index (χ0n) is 7.64. The summed E-state index contributed by atoms with van der Waals surface area (Å²) < 4.78 is 0. The molecule has 1 N–H and O–H groups in total. The minimum atomic E-state index is 0.109. The fourth-order valence-electron chi connectivity index (χ4n) is 1.34. The summed E-state index contributed by atoms with van der Waals surface area (Å²) in [5.74, 6) is 0.109. The molecule has 1 aromatic rings. The van der Waals surface area contributed by atoms with Gasteiger partial charge in [-0.15, -0.1) is 0 Å². The molecule has 12 heavy (non-hydrogen) atoms. The summed E-state index contributed by atoms with van der Waals surface area (Å²) in [7, 11) is 1.82. The van der Waals surface area contributed by atoms with E-state index in [2.05, 4.69) is 5.32 Å². The maximum atomic E-state index is 11.2. The first-order chi connectivity index (χ1) is 5.66. The molecule has 0 aliphatic carbocycles. The largest absolute Gasteiger partial charge is 0.388 e. The number of rotatable bonds is 2. The van der Waals surface area contributed by atoms with E-state index in [1.54, 1.807) is 6.92 Å². The molecule has 0 aliphatic rings. The molecule has 2 nitrogen and oxygen atoms in total. The Labute approximate surface area is 72.6 Å². The van der Waals surface area contributed by atoms with Gasteiger partial charge in [-0.3, -0.25) is 4.79 Å². The van der Waals surface area contributed by atoms with Crippen LogP contribution >= 0.6 is 0 Å². The Morgan fingerprint density at radius 3 is 2.50 bits per heavy atom. The topological polar surface area (TPSA) is 29.1 Å². The van der Waals surface area contributed by atoms with Crippen LogP contribution in [-0.4, -0.2) is 12.8 Å². The van der Waals surface area contributed by atoms with E-state index in [4.69, 9.17) is 0 Å². The number of hydrogen-bond acceptors (Lipinski definition) is 2. The van der Waals surface area contributed by atoms with Crippen molar-refractivity contribution in [2.45, 2.75) is 13.8 Å². The fourth-order valence-corrected chi connectivity index (χ4v) is 1.34. The molecular formula is C10H13NO. The van der Waals surface area contributed by atoms with Crippen molar-refractivity contribution in [2.75, 3.05) is 12.4 Å². The van der Waals surface area contributed by atoms with E-state index in [0.29, 0.717) is 0 Å². The summed E-state index contributed by atoms with van der Waals surface area (Å²) in [6, 6.07) is 5.79. The third-order valence-electron chi connectivity index (χ3n) is 1.89. The highest BCUT2D eigenvalue weighted by Gasteiger charge is 2.07. The Morgan fingerprint density at radius 2 is 2.08 bits per heavy atom. The number of nitrogens with one attached hydrogen (secondary N) is 1. The molecule has 0 radical (unpaired) electrons. The van der Waals surface area contributed by atoms with E-state index in [1.807, 2.05) is 32.2 Å². The third kappa shape index (κ3) is 1.47. The van der Waals surface area contributed by atoms with Crippen LogP contribution < -0.4 is 5.32 Å². The second kappa shape index (κ2) is 3.39. The van der Waals surface area contributed by atoms with E-state index in [0.717, 1.165) is 16.8 Å². The molecule has 0 atom stereocenters. The fraction of sp³-hybridized carbons (Fsp3) is 0.300. The van der Waals surface area contributed by atoms with Gasteiger partial charge in [-0.05, 0) is 25.5 Å². The summed E-state index contributed by atoms with van der Waals surface area (Å²) in [5, 5.41) is 3.00. The van der Waals surface area contributed by atoms with Crippen LogP contribution in [0.5, 0.6) is 0 Å². The van der Waals surface area contributed by atoms with Crippen molar-refractivity contribution in [3.63, 3.8) is 0 Å². The maximum absolute atomic E-state index is 11.2. The van der Waals surface area contributed by atoms with Crippen LogP contribution in [0, 0.1) is 6.92 Å². The molecule has 0 saturated carbocycles. The van der Waals surface area contributed by atoms with Crippen LogP contribution in [0.25, 0.3) is 0 Å². The lowest BCUT2D eigenvalue weighted by Gasteiger charge is -2.08. The Kier molecular flexibility index (Phi) is 2.48. The second-order valence-electron chi connectivity index (χ2n) is 2.80. The van der Waals surface area contributed by atoms with E-state index in [9.17, 15) is 4.79 Å². The average Bonchev–Trinajstić information content (AvgIpc) is 2.03. The molecule has 1 rings (SSSR count). The van der Waals surface area contributed by atoms with Crippen molar-refractivity contribution < 1.29 is 4.79 Å². The zero-order valence-corrected chi connectivity index (χ0v) is 7.64. The first-order valence-corrected chi connectivity index (χ1v) is 3.95. The number of aryl methyl sites for hydroxylation is 1. The summed E-state index contributed by atoms with van der Waals surface area (Å²) in [6.45, 7) is 3.53. The maximum Gasteiger partial charge on any atom is 0.162 e. The third-order valence-corrected chi connectivity index (χ3v) is 1.89. The highest BCUT2D eigenvalue weighted by Crippen LogP contribution is 2.18. The lowest BCUT2D eigenvalue weighted by atomic mass is 10.0. The van der Waals surface area contributed by atoms with Crippen LogP contribution in [0.3, 0.4) is 0 Å². The minimum absolute atomic E-state index is 0.109. The number of carbonyl (C=O) groups is 1. The normalized spacial score (nSPS) is 9.58. The summed E-state index contributed by atoms with van der Waals surface area (Å²) in [5.41, 5.74) is 2.72. The summed E-state index contributed by atoms with van der Waals surface area (Å²) >= 11 is 0. The van der Waals surface area contributed by atoms with Gasteiger partial charge in [0.05, 0.1) is 0 Å². The van der Waals surface area contributed by atoms with E-state index < -0.39 is 0 Å². The van der Waals surface area contributed by atoms with E-state index in [1.165, 1.54) is 0 Å². The van der Waals surface area contributed by atoms with Gasteiger partial charge in [0.2, 0.25) is 0 Å². The van der Waals surface area contributed by atoms with E-state index >= 15 is 0 Å². The Bertz CT molecular complexity index is 305. The van der Waals surface area contributed by atoms with Crippen molar-refractivity contribution in [3.8, 4) is 0 Å². The van der Waals surface area contributed by atoms with E-state index in [-0.39, 0.29) is 5.78 Å². The van der Waals surface area contributed by atoms with Crippen LogP contribution in [0.15, 0.2) is 18.2 Å². The second-order valence-corrected chi connectivity index (χ2v) is 2.80. The van der Waals surface area contributed by atoms with Gasteiger partial charge in [0.15, 0.2) is 5.78 Å². The van der Waals surface area contributed by atoms with Crippen molar-refractivity contribution in [3.05, 3.63) is 29.3 Å². The SMILES string of the molecule is CNc1cccc(C)c1C(C)=O. The molecule has 1 aromatic carbocycles. The number of hydrogen-bond donors (Lipinski definition) is 1. The highest BCUT2D eigenvalue weighted by molar-refractivity contribution is 6.00. The van der Waals surface area contributed by atoms with Gasteiger partial charge in [0, 0.05) is 18.3 Å². The molecule has 0 fully saturated rings. The number of Topliss-reactive ketones (excluding diaryl/α,β-unsaturated/α-hetero) is 1. The molecule has 0 aromatic heterocycles. The summed E-state index contributed by atoms with van der Waals surface area (Å²) in [6.07, 6.45) is 0. The zero-order chi connectivity index (χ0) is 9.14. The van der Waals surface area contributed by atoms with Gasteiger partial charge in [-0.1, -0.05) is 12.1 Å². The number of anilines is 1. The van der Waals surface area contributed by atoms with Crippen LogP contribution in [0.2, 0.25) is 0 Å². The van der Waals surface area contributed by atoms with Crippen molar-refractivity contribution in [2.24, 2.45) is 0 Å². The van der Waals surface area contributed by atoms with Crippen LogP contribution in [0.1, 0.15) is 22.8 Å². The molecule has 0 heterocycles. The van der Waals surface area contributed by atoms with Crippen LogP contribution in [-0.2, 0) is 0 Å². The number of carbonyl (C=O) groups excluding carboxylic acids is 1. The first-order valence-electron chi connectivity index (χ1n) is 3.95. The minimum Gasteiger partial charge on any atom is -0.388 e. The Morgan fingerprint density at radius 1 is 1.42 bits per heavy atom. The lowest BCUT2D eigenvalue weighted by molar-refractivity contribution is 0.101. The standard InChI is InChI=1S/C10H13NO/c1-7-5-4-6-9(11-3)10(7)8(2)12/h4-6,11H,1-3H3. The lowest BCUT2D eigenvalue weighted by Crippen LogP contribution is -2.02. The Balaban J connectivity index is 3.29. The molecule has 0 aliphatic heterocycles. The monoisotopic (exact) mass is 163 g/mol. The number of ketones is 1. The highest BCUT2D eigenvalue weighted by atomic mass is 16.1. The molecule has 0 bridgehead atoms. The van der Waals surface area contributed by atoms with Gasteiger partial charge < -0.3 is 5.32 Å². The predicted molar refractivity (Wildman–Crippen MR) is 50.7 cm³/mol. The van der Waals surface area contributed by atoms with Gasteiger partial charge >= 0.3 is 0 Å². The van der Waals surface area contributed by atoms with Crippen molar-refractivity contribution in [1.82, 2.24) is 0 Å². The molecule has 0 spiro atoms. The smallest absolute Gasteiger partial charge is 0.162 e. The first kappa shape index (κ1) is 8.78. The quantitative estimate of drug-likeness (QED) is 0.677. The molecule has 2 heteroatoms. The van der Waals surface area contributed by atoms with Gasteiger partial charge in [-0.2, -0.15) is 0 Å². The van der Waals surface area contributed by atoms with Crippen molar-refractivity contribution >= 4 is 11.5 Å². The summed E-state index contributed by atoms with van der Waals surface area (Å²) in [4.78, 5) is 11.2. The van der Waals surface area contributed by atoms with Crippen LogP contribution in [0.4, 0.5) is 5.69 Å². The van der Waals surface area contributed by atoms with Gasteiger partial charge in [0.1, 0.15) is 0 Å². The predicted octanol–water partition coefficient (Wildman–Crippen LogP) is 2.24. The molecule has 64 valence electrons. The molecule has 0 saturated heterocycles. The molecule has 0 unspecified atom stereocenters. The van der Waals surface area contributed by atoms with Gasteiger partial charge in [0.25, 0.3) is 0 Å². The molecular weight excluding hydrogens is 150 g/mol. The van der Waals surface area contributed by atoms with Crippen molar-refractivity contribution in [1.29, 1.82) is 0 Å². The van der Waals surface area contributed by atoms with Gasteiger partial charge in [-0.25, -0.2) is 0 Å². The Hall–Kier alpha value is -1.31. The number of benzene rings is 1.